The van der Waals surface area contributed by atoms with Crippen LogP contribution in [0.5, 0.6) is 0 Å². The van der Waals surface area contributed by atoms with Crippen LogP contribution >= 0.6 is 0 Å². The maximum absolute atomic E-state index is 13.9. The Morgan fingerprint density at radius 1 is 1.08 bits per heavy atom. The Morgan fingerprint density at radius 3 is 2.46 bits per heavy atom. The van der Waals surface area contributed by atoms with Crippen molar-refractivity contribution in [3.63, 3.8) is 0 Å². The molecule has 0 N–H and O–H groups in total. The highest BCUT2D eigenvalue weighted by Crippen LogP contribution is 2.24. The number of nitrogens with zero attached hydrogens (tertiary/aromatic N) is 3. The summed E-state index contributed by atoms with van der Waals surface area (Å²) < 4.78 is 31.8. The van der Waals surface area contributed by atoms with Crippen LogP contribution in [0.25, 0.3) is 0 Å². The van der Waals surface area contributed by atoms with Gasteiger partial charge in [-0.05, 0) is 31.4 Å². The Balaban J connectivity index is 1.63. The van der Waals surface area contributed by atoms with Gasteiger partial charge >= 0.3 is 6.09 Å². The molecule has 1 aromatic rings. The van der Waals surface area contributed by atoms with Crippen LogP contribution in [0.3, 0.4) is 0 Å². The third kappa shape index (κ3) is 3.73. The largest absolute Gasteiger partial charge is 0.453 e. The van der Waals surface area contributed by atoms with Gasteiger partial charge in [-0.25, -0.2) is 13.6 Å². The zero-order chi connectivity index (χ0) is 18.7. The van der Waals surface area contributed by atoms with Gasteiger partial charge in [-0.3, -0.25) is 9.69 Å². The first-order valence-electron chi connectivity index (χ1n) is 8.84. The number of piperazine rings is 1. The molecule has 2 fully saturated rings. The highest BCUT2D eigenvalue weighted by atomic mass is 19.1. The van der Waals surface area contributed by atoms with E-state index in [1.165, 1.54) is 24.1 Å². The van der Waals surface area contributed by atoms with Crippen LogP contribution in [0.1, 0.15) is 19.3 Å². The van der Waals surface area contributed by atoms with Crippen molar-refractivity contribution in [1.29, 1.82) is 0 Å². The standard InChI is InChI=1S/C18H23F2N3O3/c1-26-18(25)23-7-3-2-4-16(23)17(24)22-10-8-21(9-11-22)15-6-5-13(19)12-14(15)20/h5-6,12,16H,2-4,7-11H2,1H3/t16-/m0/s1. The number of rotatable bonds is 2. The van der Waals surface area contributed by atoms with Crippen molar-refractivity contribution in [2.24, 2.45) is 0 Å². The van der Waals surface area contributed by atoms with E-state index in [9.17, 15) is 18.4 Å². The van der Waals surface area contributed by atoms with Gasteiger partial charge in [0.2, 0.25) is 5.91 Å². The molecular weight excluding hydrogens is 344 g/mol. The fraction of sp³-hybridized carbons (Fsp3) is 0.556. The third-order valence-electron chi connectivity index (χ3n) is 5.04. The number of likely N-dealkylation sites (tertiary alicyclic amines) is 1. The van der Waals surface area contributed by atoms with Gasteiger partial charge in [0.15, 0.2) is 0 Å². The van der Waals surface area contributed by atoms with Crippen molar-refractivity contribution in [2.75, 3.05) is 44.7 Å². The van der Waals surface area contributed by atoms with Gasteiger partial charge in [0.1, 0.15) is 17.7 Å². The molecule has 0 unspecified atom stereocenters. The summed E-state index contributed by atoms with van der Waals surface area (Å²) in [5.41, 5.74) is 0.340. The summed E-state index contributed by atoms with van der Waals surface area (Å²) in [5, 5.41) is 0. The predicted molar refractivity (Wildman–Crippen MR) is 91.9 cm³/mol. The van der Waals surface area contributed by atoms with Crippen LogP contribution in [0.4, 0.5) is 19.3 Å². The fourth-order valence-corrected chi connectivity index (χ4v) is 3.64. The molecule has 0 aliphatic carbocycles. The molecule has 0 bridgehead atoms. The molecule has 142 valence electrons. The van der Waals surface area contributed by atoms with E-state index in [1.807, 2.05) is 0 Å². The molecule has 0 aromatic heterocycles. The number of hydrogen-bond donors (Lipinski definition) is 0. The first-order chi connectivity index (χ1) is 12.5. The van der Waals surface area contributed by atoms with Crippen LogP contribution in [0, 0.1) is 11.6 Å². The minimum atomic E-state index is -0.611. The fourth-order valence-electron chi connectivity index (χ4n) is 3.64. The Hall–Kier alpha value is -2.38. The smallest absolute Gasteiger partial charge is 0.410 e. The lowest BCUT2D eigenvalue weighted by atomic mass is 10.0. The maximum Gasteiger partial charge on any atom is 0.410 e. The number of amides is 2. The topological polar surface area (TPSA) is 53.1 Å². The molecule has 8 heteroatoms. The average Bonchev–Trinajstić information content (AvgIpc) is 2.67. The summed E-state index contributed by atoms with van der Waals surface area (Å²) >= 11 is 0. The molecule has 6 nitrogen and oxygen atoms in total. The molecule has 1 aromatic carbocycles. The van der Waals surface area contributed by atoms with E-state index in [1.54, 1.807) is 9.80 Å². The Labute approximate surface area is 151 Å². The van der Waals surface area contributed by atoms with Crippen LogP contribution in [-0.2, 0) is 9.53 Å². The van der Waals surface area contributed by atoms with Gasteiger partial charge in [-0.2, -0.15) is 0 Å². The number of carbonyl (C=O) groups excluding carboxylic acids is 2. The van der Waals surface area contributed by atoms with Gasteiger partial charge in [-0.15, -0.1) is 0 Å². The van der Waals surface area contributed by atoms with E-state index in [0.717, 1.165) is 18.9 Å². The van der Waals surface area contributed by atoms with Crippen molar-refractivity contribution < 1.29 is 23.1 Å². The van der Waals surface area contributed by atoms with Crippen molar-refractivity contribution in [1.82, 2.24) is 9.80 Å². The van der Waals surface area contributed by atoms with Crippen molar-refractivity contribution >= 4 is 17.7 Å². The second kappa shape index (κ2) is 7.88. The minimum Gasteiger partial charge on any atom is -0.453 e. The van der Waals surface area contributed by atoms with Crippen LogP contribution in [0.2, 0.25) is 0 Å². The summed E-state index contributed by atoms with van der Waals surface area (Å²) in [6, 6.07) is 3.02. The van der Waals surface area contributed by atoms with E-state index in [2.05, 4.69) is 0 Å². The summed E-state index contributed by atoms with van der Waals surface area (Å²) in [7, 11) is 1.31. The van der Waals surface area contributed by atoms with E-state index in [-0.39, 0.29) is 5.91 Å². The highest BCUT2D eigenvalue weighted by molar-refractivity contribution is 5.86. The zero-order valence-corrected chi connectivity index (χ0v) is 14.8. The molecule has 2 aliphatic rings. The molecule has 1 atom stereocenters. The lowest BCUT2D eigenvalue weighted by Crippen LogP contribution is -2.57. The molecule has 2 amide bonds. The van der Waals surface area contributed by atoms with Crippen molar-refractivity contribution in [3.8, 4) is 0 Å². The molecule has 2 saturated heterocycles. The van der Waals surface area contributed by atoms with Crippen LogP contribution < -0.4 is 4.90 Å². The van der Waals surface area contributed by atoms with Gasteiger partial charge in [0, 0.05) is 38.8 Å². The third-order valence-corrected chi connectivity index (χ3v) is 5.04. The average molecular weight is 367 g/mol. The SMILES string of the molecule is COC(=O)N1CCCC[C@H]1C(=O)N1CCN(c2ccc(F)cc2F)CC1. The number of halogens is 2. The van der Waals surface area contributed by atoms with Gasteiger partial charge in [0.25, 0.3) is 0 Å². The molecule has 2 aliphatic heterocycles. The molecular formula is C18H23F2N3O3. The van der Waals surface area contributed by atoms with Crippen LogP contribution in [0.15, 0.2) is 18.2 Å². The van der Waals surface area contributed by atoms with Crippen LogP contribution in [-0.4, -0.2) is 67.7 Å². The van der Waals surface area contributed by atoms with E-state index in [4.69, 9.17) is 4.74 Å². The monoisotopic (exact) mass is 367 g/mol. The Kier molecular flexibility index (Phi) is 5.58. The molecule has 3 rings (SSSR count). The second-order valence-electron chi connectivity index (χ2n) is 6.58. The number of anilines is 1. The first kappa shape index (κ1) is 18.4. The molecule has 2 heterocycles. The number of hydrogen-bond acceptors (Lipinski definition) is 4. The number of piperidine rings is 1. The quantitative estimate of drug-likeness (QED) is 0.805. The molecule has 0 saturated carbocycles. The molecule has 0 spiro atoms. The van der Waals surface area contributed by atoms with E-state index >= 15 is 0 Å². The predicted octanol–water partition coefficient (Wildman–Crippen LogP) is 2.23. The highest BCUT2D eigenvalue weighted by Gasteiger charge is 2.36. The minimum absolute atomic E-state index is 0.0886. The summed E-state index contributed by atoms with van der Waals surface area (Å²) in [6.07, 6.45) is 1.90. The van der Waals surface area contributed by atoms with Gasteiger partial charge < -0.3 is 14.5 Å². The molecule has 26 heavy (non-hydrogen) atoms. The lowest BCUT2D eigenvalue weighted by Gasteiger charge is -2.40. The number of methoxy groups -OCH3 is 1. The van der Waals surface area contributed by atoms with Crippen molar-refractivity contribution in [3.05, 3.63) is 29.8 Å². The zero-order valence-electron chi connectivity index (χ0n) is 14.8. The number of ether oxygens (including phenoxy) is 1. The number of carbonyl (C=O) groups is 2. The van der Waals surface area contributed by atoms with E-state index < -0.39 is 23.8 Å². The van der Waals surface area contributed by atoms with Crippen molar-refractivity contribution in [2.45, 2.75) is 25.3 Å². The second-order valence-corrected chi connectivity index (χ2v) is 6.58. The summed E-state index contributed by atoms with van der Waals surface area (Å²) in [4.78, 5) is 29.8. The van der Waals surface area contributed by atoms with Gasteiger partial charge in [-0.1, -0.05) is 0 Å². The number of benzene rings is 1. The summed E-state index contributed by atoms with van der Waals surface area (Å²) in [6.45, 7) is 2.30. The first-order valence-corrected chi connectivity index (χ1v) is 8.84. The maximum atomic E-state index is 13.9. The lowest BCUT2D eigenvalue weighted by molar-refractivity contribution is -0.137. The van der Waals surface area contributed by atoms with Gasteiger partial charge in [0.05, 0.1) is 12.8 Å². The van der Waals surface area contributed by atoms with E-state index in [0.29, 0.717) is 44.8 Å². The Morgan fingerprint density at radius 2 is 1.81 bits per heavy atom. The normalized spacial score (nSPS) is 20.9. The Bertz CT molecular complexity index is 678. The molecule has 0 radical (unpaired) electrons. The summed E-state index contributed by atoms with van der Waals surface area (Å²) in [5.74, 6) is -1.30.